The molecule has 90 valence electrons. The van der Waals surface area contributed by atoms with Gasteiger partial charge in [-0.1, -0.05) is 12.1 Å². The molecule has 0 aromatic heterocycles. The van der Waals surface area contributed by atoms with Crippen LogP contribution in [0.25, 0.3) is 0 Å². The second-order valence-electron chi connectivity index (χ2n) is 3.90. The van der Waals surface area contributed by atoms with Crippen LogP contribution in [-0.2, 0) is 6.42 Å². The maximum Gasteiger partial charge on any atom is 0.278 e. The topological polar surface area (TPSA) is 35.2 Å². The Balaban J connectivity index is 2.45. The summed E-state index contributed by atoms with van der Waals surface area (Å²) in [5, 5.41) is 0. The summed E-state index contributed by atoms with van der Waals surface area (Å²) in [6.07, 6.45) is 1.83. The standard InChI is InChI=1S/C12H17F2NO/c1-12(13,14)9-16-11-6-4-10(5-7-11)3-2-8-15/h4-7H,2-3,8-9,15H2,1H3. The molecule has 0 amide bonds. The molecule has 1 aromatic carbocycles. The average molecular weight is 229 g/mol. The van der Waals surface area contributed by atoms with Crippen LogP contribution in [0.3, 0.4) is 0 Å². The molecule has 16 heavy (non-hydrogen) atoms. The Morgan fingerprint density at radius 2 is 1.88 bits per heavy atom. The molecule has 0 atom stereocenters. The predicted octanol–water partition coefficient (Wildman–Crippen LogP) is 2.61. The van der Waals surface area contributed by atoms with Gasteiger partial charge in [0.05, 0.1) is 0 Å². The smallest absolute Gasteiger partial charge is 0.278 e. The van der Waals surface area contributed by atoms with Crippen molar-refractivity contribution in [3.8, 4) is 5.75 Å². The fraction of sp³-hybridized carbons (Fsp3) is 0.500. The normalized spacial score (nSPS) is 11.5. The van der Waals surface area contributed by atoms with Crippen molar-refractivity contribution in [1.29, 1.82) is 0 Å². The van der Waals surface area contributed by atoms with Gasteiger partial charge in [0.15, 0.2) is 6.61 Å². The van der Waals surface area contributed by atoms with E-state index >= 15 is 0 Å². The number of alkyl halides is 2. The predicted molar refractivity (Wildman–Crippen MR) is 59.9 cm³/mol. The highest BCUT2D eigenvalue weighted by molar-refractivity contribution is 5.27. The first-order valence-electron chi connectivity index (χ1n) is 5.31. The number of nitrogens with two attached hydrogens (primary N) is 1. The number of benzene rings is 1. The van der Waals surface area contributed by atoms with Gasteiger partial charge in [0.2, 0.25) is 0 Å². The van der Waals surface area contributed by atoms with Crippen LogP contribution >= 0.6 is 0 Å². The number of halogens is 2. The molecule has 0 aliphatic heterocycles. The van der Waals surface area contributed by atoms with Crippen LogP contribution in [0.1, 0.15) is 18.9 Å². The highest BCUT2D eigenvalue weighted by Gasteiger charge is 2.21. The summed E-state index contributed by atoms with van der Waals surface area (Å²) in [4.78, 5) is 0. The Morgan fingerprint density at radius 3 is 2.38 bits per heavy atom. The van der Waals surface area contributed by atoms with Crippen molar-refractivity contribution >= 4 is 0 Å². The van der Waals surface area contributed by atoms with Crippen LogP contribution in [0.2, 0.25) is 0 Å². The van der Waals surface area contributed by atoms with Gasteiger partial charge in [-0.2, -0.15) is 0 Å². The lowest BCUT2D eigenvalue weighted by Gasteiger charge is -2.12. The van der Waals surface area contributed by atoms with E-state index in [9.17, 15) is 8.78 Å². The zero-order valence-electron chi connectivity index (χ0n) is 9.38. The van der Waals surface area contributed by atoms with Gasteiger partial charge in [0.25, 0.3) is 5.92 Å². The minimum atomic E-state index is -2.79. The van der Waals surface area contributed by atoms with Gasteiger partial charge in [0.1, 0.15) is 5.75 Å². The molecule has 0 saturated carbocycles. The summed E-state index contributed by atoms with van der Waals surface area (Å²) in [5.74, 6) is -2.32. The number of ether oxygens (including phenoxy) is 1. The Bertz CT molecular complexity index is 306. The fourth-order valence-corrected chi connectivity index (χ4v) is 1.27. The number of hydrogen-bond donors (Lipinski definition) is 1. The Morgan fingerprint density at radius 1 is 1.25 bits per heavy atom. The third-order valence-corrected chi connectivity index (χ3v) is 2.09. The minimum absolute atomic E-state index is 0.470. The summed E-state index contributed by atoms with van der Waals surface area (Å²) in [6.45, 7) is 0.901. The molecule has 0 aliphatic rings. The van der Waals surface area contributed by atoms with Crippen LogP contribution < -0.4 is 10.5 Å². The SMILES string of the molecule is CC(F)(F)COc1ccc(CCCN)cc1. The first-order valence-corrected chi connectivity index (χ1v) is 5.31. The van der Waals surface area contributed by atoms with Crippen LogP contribution in [-0.4, -0.2) is 19.1 Å². The van der Waals surface area contributed by atoms with E-state index in [4.69, 9.17) is 10.5 Å². The van der Waals surface area contributed by atoms with Gasteiger partial charge >= 0.3 is 0 Å². The molecule has 0 fully saturated rings. The van der Waals surface area contributed by atoms with Crippen molar-refractivity contribution in [2.75, 3.05) is 13.2 Å². The summed E-state index contributed by atoms with van der Waals surface area (Å²) in [6, 6.07) is 7.16. The molecule has 1 rings (SSSR count). The summed E-state index contributed by atoms with van der Waals surface area (Å²) in [7, 11) is 0. The number of hydrogen-bond acceptors (Lipinski definition) is 2. The lowest BCUT2D eigenvalue weighted by atomic mass is 10.1. The number of aryl methyl sites for hydroxylation is 1. The molecule has 0 bridgehead atoms. The van der Waals surface area contributed by atoms with E-state index in [1.54, 1.807) is 12.1 Å². The van der Waals surface area contributed by atoms with Crippen molar-refractivity contribution in [2.45, 2.75) is 25.7 Å². The van der Waals surface area contributed by atoms with Crippen LogP contribution in [0, 0.1) is 0 Å². The molecule has 0 spiro atoms. The van der Waals surface area contributed by atoms with Gasteiger partial charge in [-0.15, -0.1) is 0 Å². The zero-order valence-corrected chi connectivity index (χ0v) is 9.38. The second kappa shape index (κ2) is 5.80. The van der Waals surface area contributed by atoms with Crippen molar-refractivity contribution < 1.29 is 13.5 Å². The molecular weight excluding hydrogens is 212 g/mol. The van der Waals surface area contributed by atoms with Crippen LogP contribution in [0.5, 0.6) is 5.75 Å². The van der Waals surface area contributed by atoms with Crippen LogP contribution in [0.4, 0.5) is 8.78 Å². The zero-order chi connectivity index (χ0) is 12.0. The molecule has 0 heterocycles. The quantitative estimate of drug-likeness (QED) is 0.813. The van der Waals surface area contributed by atoms with Gasteiger partial charge in [-0.25, -0.2) is 8.78 Å². The lowest BCUT2D eigenvalue weighted by Crippen LogP contribution is -2.20. The molecule has 2 N–H and O–H groups in total. The fourth-order valence-electron chi connectivity index (χ4n) is 1.27. The Hall–Kier alpha value is -1.16. The maximum atomic E-state index is 12.5. The summed E-state index contributed by atoms with van der Waals surface area (Å²) >= 11 is 0. The van der Waals surface area contributed by atoms with Crippen molar-refractivity contribution in [3.05, 3.63) is 29.8 Å². The second-order valence-corrected chi connectivity index (χ2v) is 3.90. The van der Waals surface area contributed by atoms with E-state index in [1.165, 1.54) is 0 Å². The highest BCUT2D eigenvalue weighted by atomic mass is 19.3. The Kier molecular flexibility index (Phi) is 4.68. The van der Waals surface area contributed by atoms with E-state index in [1.807, 2.05) is 12.1 Å². The van der Waals surface area contributed by atoms with Crippen LogP contribution in [0.15, 0.2) is 24.3 Å². The van der Waals surface area contributed by atoms with E-state index < -0.39 is 12.5 Å². The van der Waals surface area contributed by atoms with Gasteiger partial charge in [-0.3, -0.25) is 0 Å². The number of rotatable bonds is 6. The van der Waals surface area contributed by atoms with E-state index in [2.05, 4.69) is 0 Å². The van der Waals surface area contributed by atoms with Crippen molar-refractivity contribution in [2.24, 2.45) is 5.73 Å². The molecule has 0 saturated heterocycles. The summed E-state index contributed by atoms with van der Waals surface area (Å²) < 4.78 is 30.0. The maximum absolute atomic E-state index is 12.5. The molecular formula is C12H17F2NO. The monoisotopic (exact) mass is 229 g/mol. The van der Waals surface area contributed by atoms with E-state index in [-0.39, 0.29) is 0 Å². The molecule has 0 radical (unpaired) electrons. The third kappa shape index (κ3) is 5.07. The Labute approximate surface area is 94.4 Å². The lowest BCUT2D eigenvalue weighted by molar-refractivity contribution is -0.0229. The third-order valence-electron chi connectivity index (χ3n) is 2.09. The molecule has 2 nitrogen and oxygen atoms in total. The first kappa shape index (κ1) is 12.9. The van der Waals surface area contributed by atoms with Crippen molar-refractivity contribution in [1.82, 2.24) is 0 Å². The summed E-state index contributed by atoms with van der Waals surface area (Å²) in [5.41, 5.74) is 6.53. The van der Waals surface area contributed by atoms with E-state index in [0.29, 0.717) is 12.3 Å². The average Bonchev–Trinajstić information content (AvgIpc) is 2.24. The van der Waals surface area contributed by atoms with Gasteiger partial charge < -0.3 is 10.5 Å². The first-order chi connectivity index (χ1) is 7.51. The highest BCUT2D eigenvalue weighted by Crippen LogP contribution is 2.17. The van der Waals surface area contributed by atoms with Gasteiger partial charge in [-0.05, 0) is 37.1 Å². The van der Waals surface area contributed by atoms with Crippen molar-refractivity contribution in [3.63, 3.8) is 0 Å². The minimum Gasteiger partial charge on any atom is -0.487 e. The van der Waals surface area contributed by atoms with Gasteiger partial charge in [0, 0.05) is 6.92 Å². The molecule has 0 unspecified atom stereocenters. The molecule has 0 aliphatic carbocycles. The molecule has 1 aromatic rings. The molecule has 4 heteroatoms. The largest absolute Gasteiger partial charge is 0.487 e. The van der Waals surface area contributed by atoms with E-state index in [0.717, 1.165) is 25.3 Å².